The van der Waals surface area contributed by atoms with Gasteiger partial charge in [-0.15, -0.1) is 5.10 Å². The van der Waals surface area contributed by atoms with Crippen molar-refractivity contribution >= 4 is 44.3 Å². The summed E-state index contributed by atoms with van der Waals surface area (Å²) in [6.07, 6.45) is 1.81. The topological polar surface area (TPSA) is 73.6 Å². The number of halogens is 1. The third kappa shape index (κ3) is 3.54. The third-order valence-electron chi connectivity index (χ3n) is 3.73. The van der Waals surface area contributed by atoms with E-state index in [2.05, 4.69) is 26.0 Å². The first-order valence-electron chi connectivity index (χ1n) is 7.96. The molecule has 0 N–H and O–H groups in total. The van der Waals surface area contributed by atoms with E-state index < -0.39 is 5.97 Å². The highest BCUT2D eigenvalue weighted by Gasteiger charge is 2.16. The molecule has 0 aliphatic rings. The molecule has 4 rings (SSSR count). The van der Waals surface area contributed by atoms with Gasteiger partial charge in [0.15, 0.2) is 5.82 Å². The number of esters is 1. The Morgan fingerprint density at radius 1 is 1.19 bits per heavy atom. The lowest BCUT2D eigenvalue weighted by atomic mass is 10.2. The summed E-state index contributed by atoms with van der Waals surface area (Å²) < 4.78 is 8.00. The molecule has 0 unspecified atom stereocenters. The van der Waals surface area contributed by atoms with Crippen molar-refractivity contribution in [3.8, 4) is 17.1 Å². The maximum Gasteiger partial charge on any atom is 0.308 e. The van der Waals surface area contributed by atoms with Crippen molar-refractivity contribution in [2.24, 2.45) is 0 Å². The Kier molecular flexibility index (Phi) is 4.59. The van der Waals surface area contributed by atoms with E-state index in [1.165, 1.54) is 22.8 Å². The zero-order valence-electron chi connectivity index (χ0n) is 14.0. The smallest absolute Gasteiger partial charge is 0.308 e. The maximum atomic E-state index is 12.7. The Morgan fingerprint density at radius 3 is 2.63 bits per heavy atom. The zero-order valence-corrected chi connectivity index (χ0v) is 16.5. The van der Waals surface area contributed by atoms with Crippen LogP contribution in [0.1, 0.15) is 12.5 Å². The van der Waals surface area contributed by atoms with Crippen LogP contribution in [0, 0.1) is 0 Å². The Balaban J connectivity index is 1.79. The van der Waals surface area contributed by atoms with E-state index in [1.54, 1.807) is 24.3 Å². The lowest BCUT2D eigenvalue weighted by Crippen LogP contribution is -2.23. The van der Waals surface area contributed by atoms with Gasteiger partial charge in [0.1, 0.15) is 5.75 Å². The van der Waals surface area contributed by atoms with E-state index in [0.29, 0.717) is 26.6 Å². The minimum atomic E-state index is -0.431. The van der Waals surface area contributed by atoms with E-state index in [4.69, 9.17) is 4.74 Å². The first-order chi connectivity index (χ1) is 13.0. The second-order valence-corrected chi connectivity index (χ2v) is 7.61. The minimum absolute atomic E-state index is 0.235. The van der Waals surface area contributed by atoms with Crippen LogP contribution in [0.2, 0.25) is 0 Å². The summed E-state index contributed by atoms with van der Waals surface area (Å²) in [7, 11) is 0. The number of hydrogen-bond donors (Lipinski definition) is 0. The van der Waals surface area contributed by atoms with Crippen molar-refractivity contribution < 1.29 is 9.53 Å². The molecule has 4 aromatic rings. The van der Waals surface area contributed by atoms with Crippen LogP contribution < -0.4 is 14.8 Å². The average molecular weight is 442 g/mol. The summed E-state index contributed by atoms with van der Waals surface area (Å²) in [5.74, 6) is 0.266. The molecule has 0 amide bonds. The first-order valence-corrected chi connectivity index (χ1v) is 9.57. The Hall–Kier alpha value is -2.84. The van der Waals surface area contributed by atoms with Gasteiger partial charge in [0.05, 0.1) is 10.1 Å². The summed E-state index contributed by atoms with van der Waals surface area (Å²) in [6, 6.07) is 14.6. The van der Waals surface area contributed by atoms with Gasteiger partial charge >= 0.3 is 5.97 Å². The predicted octanol–water partition coefficient (Wildman–Crippen LogP) is 3.05. The number of fused-ring (bicyclic) bond motifs is 1. The van der Waals surface area contributed by atoms with Crippen molar-refractivity contribution in [3.05, 3.63) is 73.5 Å². The van der Waals surface area contributed by atoms with Crippen molar-refractivity contribution in [2.75, 3.05) is 0 Å². The van der Waals surface area contributed by atoms with Crippen LogP contribution in [0.25, 0.3) is 22.4 Å². The fraction of sp³-hybridized carbons (Fsp3) is 0.0526. The lowest BCUT2D eigenvalue weighted by molar-refractivity contribution is -0.131. The van der Waals surface area contributed by atoms with E-state index in [0.717, 1.165) is 10.0 Å². The summed E-state index contributed by atoms with van der Waals surface area (Å²) in [5, 5.41) is 4.31. The van der Waals surface area contributed by atoms with Crippen LogP contribution >= 0.6 is 27.3 Å². The van der Waals surface area contributed by atoms with Gasteiger partial charge in [-0.05, 0) is 35.9 Å². The summed E-state index contributed by atoms with van der Waals surface area (Å²) in [4.78, 5) is 28.9. The van der Waals surface area contributed by atoms with Crippen molar-refractivity contribution in [3.63, 3.8) is 0 Å². The van der Waals surface area contributed by atoms with Crippen LogP contribution in [0.4, 0.5) is 0 Å². The average Bonchev–Trinajstić information content (AvgIpc) is 3.17. The standard InChI is InChI=1S/C19H12BrN3O3S/c1-11(24)26-15-5-3-2-4-14(15)17-21-19-23(22-17)18(25)16(27-19)10-12-6-8-13(20)9-7-12/h2-10H,1H3/b16-10-. The van der Waals surface area contributed by atoms with Crippen LogP contribution in [-0.4, -0.2) is 20.6 Å². The fourth-order valence-electron chi connectivity index (χ4n) is 2.55. The van der Waals surface area contributed by atoms with E-state index in [1.807, 2.05) is 30.3 Å². The molecule has 2 aromatic carbocycles. The summed E-state index contributed by atoms with van der Waals surface area (Å²) in [6.45, 7) is 1.33. The van der Waals surface area contributed by atoms with Crippen LogP contribution in [-0.2, 0) is 4.79 Å². The van der Waals surface area contributed by atoms with Crippen molar-refractivity contribution in [1.82, 2.24) is 14.6 Å². The summed E-state index contributed by atoms with van der Waals surface area (Å²) in [5.41, 5.74) is 1.24. The van der Waals surface area contributed by atoms with E-state index in [9.17, 15) is 9.59 Å². The highest BCUT2D eigenvalue weighted by molar-refractivity contribution is 9.10. The molecule has 0 bridgehead atoms. The maximum absolute atomic E-state index is 12.7. The van der Waals surface area contributed by atoms with Gasteiger partial charge in [-0.25, -0.2) is 0 Å². The number of carbonyl (C=O) groups excluding carboxylic acids is 1. The Bertz CT molecular complexity index is 1260. The highest BCUT2D eigenvalue weighted by Crippen LogP contribution is 2.27. The fourth-order valence-corrected chi connectivity index (χ4v) is 3.73. The molecule has 0 saturated heterocycles. The highest BCUT2D eigenvalue weighted by atomic mass is 79.9. The van der Waals surface area contributed by atoms with E-state index in [-0.39, 0.29) is 5.56 Å². The normalized spacial score (nSPS) is 11.9. The molecule has 0 fully saturated rings. The van der Waals surface area contributed by atoms with Gasteiger partial charge in [0, 0.05) is 11.4 Å². The predicted molar refractivity (Wildman–Crippen MR) is 107 cm³/mol. The molecular weight excluding hydrogens is 430 g/mol. The van der Waals surface area contributed by atoms with Crippen molar-refractivity contribution in [1.29, 1.82) is 0 Å². The molecule has 0 aliphatic heterocycles. The number of ether oxygens (including phenoxy) is 1. The molecule has 27 heavy (non-hydrogen) atoms. The summed E-state index contributed by atoms with van der Waals surface area (Å²) >= 11 is 4.65. The number of para-hydroxylation sites is 1. The molecule has 2 aromatic heterocycles. The van der Waals surface area contributed by atoms with Gasteiger partial charge in [-0.3, -0.25) is 9.59 Å². The molecule has 0 radical (unpaired) electrons. The molecule has 0 atom stereocenters. The minimum Gasteiger partial charge on any atom is -0.426 e. The molecular formula is C19H12BrN3O3S. The number of nitrogens with zero attached hydrogens (tertiary/aromatic N) is 3. The molecule has 6 nitrogen and oxygen atoms in total. The monoisotopic (exact) mass is 441 g/mol. The Labute approximate surface area is 165 Å². The SMILES string of the molecule is CC(=O)Oc1ccccc1-c1nc2s/c(=C\c3ccc(Br)cc3)c(=O)n2n1. The first kappa shape index (κ1) is 17.6. The largest absolute Gasteiger partial charge is 0.426 e. The second kappa shape index (κ2) is 7.05. The number of benzene rings is 2. The third-order valence-corrected chi connectivity index (χ3v) is 5.22. The van der Waals surface area contributed by atoms with Crippen LogP contribution in [0.5, 0.6) is 5.75 Å². The number of aromatic nitrogens is 3. The number of thiazole rings is 1. The molecule has 8 heteroatoms. The number of hydrogen-bond acceptors (Lipinski definition) is 6. The van der Waals surface area contributed by atoms with Crippen LogP contribution in [0.3, 0.4) is 0 Å². The number of rotatable bonds is 3. The van der Waals surface area contributed by atoms with Gasteiger partial charge in [-0.2, -0.15) is 9.50 Å². The lowest BCUT2D eigenvalue weighted by Gasteiger charge is -2.04. The van der Waals surface area contributed by atoms with Gasteiger partial charge in [0.25, 0.3) is 5.56 Å². The van der Waals surface area contributed by atoms with Crippen molar-refractivity contribution in [2.45, 2.75) is 6.92 Å². The van der Waals surface area contributed by atoms with Crippen LogP contribution in [0.15, 0.2) is 57.8 Å². The van der Waals surface area contributed by atoms with E-state index >= 15 is 0 Å². The zero-order chi connectivity index (χ0) is 19.0. The quantitative estimate of drug-likeness (QED) is 0.360. The van der Waals surface area contributed by atoms with Gasteiger partial charge in [0.2, 0.25) is 4.96 Å². The van der Waals surface area contributed by atoms with Gasteiger partial charge < -0.3 is 4.74 Å². The molecule has 2 heterocycles. The Morgan fingerprint density at radius 2 is 1.93 bits per heavy atom. The van der Waals surface area contributed by atoms with Gasteiger partial charge in [-0.1, -0.05) is 51.5 Å². The number of carbonyl (C=O) groups is 1. The second-order valence-electron chi connectivity index (χ2n) is 5.69. The molecule has 134 valence electrons. The molecule has 0 spiro atoms. The molecule has 0 aliphatic carbocycles. The molecule has 0 saturated carbocycles.